The first-order chi connectivity index (χ1) is 11.6. The molecule has 24 heavy (non-hydrogen) atoms. The number of aromatic nitrogens is 2. The lowest BCUT2D eigenvalue weighted by Crippen LogP contribution is -2.02. The number of nitrogen functional groups attached to an aromatic ring is 1. The molecule has 0 unspecified atom stereocenters. The van der Waals surface area contributed by atoms with Crippen molar-refractivity contribution < 1.29 is 9.84 Å². The molecule has 6 heteroatoms. The number of benzene rings is 2. The number of hydrogen-bond donors (Lipinski definition) is 3. The lowest BCUT2D eigenvalue weighted by atomic mass is 10.2. The number of nitrogens with two attached hydrogens (primary N) is 1. The van der Waals surface area contributed by atoms with Gasteiger partial charge in [0.25, 0.3) is 0 Å². The van der Waals surface area contributed by atoms with Crippen LogP contribution in [0.25, 0.3) is 0 Å². The third-order valence-corrected chi connectivity index (χ3v) is 3.46. The number of nitrogens with one attached hydrogen (secondary N) is 1. The number of nitrogens with zero attached hydrogens (tertiary/aromatic N) is 2. The summed E-state index contributed by atoms with van der Waals surface area (Å²) in [6.07, 6.45) is 2.50. The van der Waals surface area contributed by atoms with Crippen molar-refractivity contribution in [2.75, 3.05) is 11.1 Å². The van der Waals surface area contributed by atoms with Gasteiger partial charge in [-0.3, -0.25) is 0 Å². The van der Waals surface area contributed by atoms with Crippen molar-refractivity contribution in [3.8, 4) is 17.2 Å². The zero-order chi connectivity index (χ0) is 16.9. The summed E-state index contributed by atoms with van der Waals surface area (Å²) in [6, 6.07) is 14.5. The average Bonchev–Trinajstić information content (AvgIpc) is 2.60. The maximum atomic E-state index is 9.36. The van der Waals surface area contributed by atoms with E-state index in [0.29, 0.717) is 17.3 Å². The lowest BCUT2D eigenvalue weighted by Gasteiger charge is -2.12. The Hall–Kier alpha value is -3.28. The number of aryl methyl sites for hydroxylation is 1. The van der Waals surface area contributed by atoms with Crippen LogP contribution in [0.2, 0.25) is 0 Å². The molecular formula is C18H18N4O2. The molecule has 3 aromatic rings. The van der Waals surface area contributed by atoms with Crippen LogP contribution in [0.5, 0.6) is 17.2 Å². The zero-order valence-electron chi connectivity index (χ0n) is 13.2. The molecule has 0 radical (unpaired) electrons. The third-order valence-electron chi connectivity index (χ3n) is 3.46. The number of rotatable bonds is 5. The minimum Gasteiger partial charge on any atom is -0.508 e. The van der Waals surface area contributed by atoms with Crippen LogP contribution in [0.1, 0.15) is 12.5 Å². The highest BCUT2D eigenvalue weighted by atomic mass is 16.5. The molecule has 4 N–H and O–H groups in total. The van der Waals surface area contributed by atoms with E-state index in [-0.39, 0.29) is 11.7 Å². The summed E-state index contributed by atoms with van der Waals surface area (Å²) >= 11 is 0. The molecule has 0 atom stereocenters. The molecule has 0 amide bonds. The molecule has 6 nitrogen and oxygen atoms in total. The van der Waals surface area contributed by atoms with Crippen LogP contribution in [0.15, 0.2) is 54.7 Å². The normalized spacial score (nSPS) is 10.4. The van der Waals surface area contributed by atoms with Crippen LogP contribution in [0.3, 0.4) is 0 Å². The Morgan fingerprint density at radius 1 is 1.08 bits per heavy atom. The topological polar surface area (TPSA) is 93.3 Å². The Morgan fingerprint density at radius 2 is 1.79 bits per heavy atom. The number of anilines is 3. The van der Waals surface area contributed by atoms with Crippen molar-refractivity contribution in [2.45, 2.75) is 13.3 Å². The SMILES string of the molecule is CCc1ccc(Oc2cnc(N)nc2Nc2ccc(O)cc2)cc1. The molecule has 1 aromatic heterocycles. The van der Waals surface area contributed by atoms with E-state index in [9.17, 15) is 5.11 Å². The third kappa shape index (κ3) is 3.73. The van der Waals surface area contributed by atoms with Gasteiger partial charge < -0.3 is 20.9 Å². The summed E-state index contributed by atoms with van der Waals surface area (Å²) in [7, 11) is 0. The smallest absolute Gasteiger partial charge is 0.222 e. The van der Waals surface area contributed by atoms with Crippen molar-refractivity contribution in [1.82, 2.24) is 9.97 Å². The van der Waals surface area contributed by atoms with Gasteiger partial charge in [-0.05, 0) is 48.4 Å². The van der Waals surface area contributed by atoms with Crippen LogP contribution in [0.4, 0.5) is 17.5 Å². The molecule has 2 aromatic carbocycles. The summed E-state index contributed by atoms with van der Waals surface area (Å²) in [5.41, 5.74) is 7.66. The molecule has 0 spiro atoms. The first kappa shape index (κ1) is 15.6. The van der Waals surface area contributed by atoms with Gasteiger partial charge in [0.2, 0.25) is 5.95 Å². The van der Waals surface area contributed by atoms with Gasteiger partial charge in [0.1, 0.15) is 11.5 Å². The van der Waals surface area contributed by atoms with E-state index in [1.165, 1.54) is 11.8 Å². The van der Waals surface area contributed by atoms with Crippen molar-refractivity contribution in [3.05, 3.63) is 60.3 Å². The summed E-state index contributed by atoms with van der Waals surface area (Å²) < 4.78 is 5.87. The number of ether oxygens (including phenoxy) is 1. The Bertz CT molecular complexity index is 817. The summed E-state index contributed by atoms with van der Waals surface area (Å²) in [5.74, 6) is 1.93. The van der Waals surface area contributed by atoms with E-state index in [2.05, 4.69) is 22.2 Å². The monoisotopic (exact) mass is 322 g/mol. The quantitative estimate of drug-likeness (QED) is 0.618. The lowest BCUT2D eigenvalue weighted by molar-refractivity contribution is 0.475. The molecule has 0 fully saturated rings. The van der Waals surface area contributed by atoms with Crippen LogP contribution >= 0.6 is 0 Å². The van der Waals surface area contributed by atoms with Crippen molar-refractivity contribution in [2.24, 2.45) is 0 Å². The number of aromatic hydroxyl groups is 1. The van der Waals surface area contributed by atoms with E-state index in [1.807, 2.05) is 24.3 Å². The molecule has 0 bridgehead atoms. The maximum absolute atomic E-state index is 9.36. The molecular weight excluding hydrogens is 304 g/mol. The Balaban J connectivity index is 1.85. The summed E-state index contributed by atoms with van der Waals surface area (Å²) in [6.45, 7) is 2.10. The van der Waals surface area contributed by atoms with Crippen molar-refractivity contribution >= 4 is 17.5 Å². The molecule has 0 saturated carbocycles. The van der Waals surface area contributed by atoms with Crippen LogP contribution < -0.4 is 15.8 Å². The Labute approximate surface area is 140 Å². The highest BCUT2D eigenvalue weighted by molar-refractivity contribution is 5.63. The minimum absolute atomic E-state index is 0.143. The van der Waals surface area contributed by atoms with E-state index < -0.39 is 0 Å². The number of phenols is 1. The van der Waals surface area contributed by atoms with Gasteiger partial charge in [-0.15, -0.1) is 0 Å². The standard InChI is InChI=1S/C18H18N4O2/c1-2-12-3-9-15(10-4-12)24-16-11-20-18(19)22-17(16)21-13-5-7-14(23)8-6-13/h3-11,23H,2H2,1H3,(H3,19,20,21,22). The van der Waals surface area contributed by atoms with Crippen molar-refractivity contribution in [3.63, 3.8) is 0 Å². The second-order valence-electron chi connectivity index (χ2n) is 5.21. The molecule has 0 aliphatic heterocycles. The predicted molar refractivity (Wildman–Crippen MR) is 93.7 cm³/mol. The highest BCUT2D eigenvalue weighted by Crippen LogP contribution is 2.30. The Morgan fingerprint density at radius 3 is 2.46 bits per heavy atom. The molecule has 0 aliphatic carbocycles. The minimum atomic E-state index is 0.143. The average molecular weight is 322 g/mol. The molecule has 0 aliphatic rings. The fraction of sp³-hybridized carbons (Fsp3) is 0.111. The van der Waals surface area contributed by atoms with Gasteiger partial charge in [-0.1, -0.05) is 19.1 Å². The second-order valence-corrected chi connectivity index (χ2v) is 5.21. The first-order valence-corrected chi connectivity index (χ1v) is 7.59. The van der Waals surface area contributed by atoms with E-state index in [0.717, 1.165) is 12.1 Å². The number of hydrogen-bond acceptors (Lipinski definition) is 6. The largest absolute Gasteiger partial charge is 0.508 e. The van der Waals surface area contributed by atoms with Gasteiger partial charge in [-0.25, -0.2) is 4.98 Å². The molecule has 1 heterocycles. The molecule has 122 valence electrons. The first-order valence-electron chi connectivity index (χ1n) is 7.59. The van der Waals surface area contributed by atoms with E-state index in [1.54, 1.807) is 24.3 Å². The maximum Gasteiger partial charge on any atom is 0.222 e. The second kappa shape index (κ2) is 6.87. The predicted octanol–water partition coefficient (Wildman–Crippen LogP) is 3.86. The fourth-order valence-electron chi connectivity index (χ4n) is 2.15. The van der Waals surface area contributed by atoms with Gasteiger partial charge in [0.15, 0.2) is 11.6 Å². The summed E-state index contributed by atoms with van der Waals surface area (Å²) in [5, 5.41) is 12.5. The number of phenolic OH excluding ortho intramolecular Hbond substituents is 1. The molecule has 3 rings (SSSR count). The van der Waals surface area contributed by atoms with Gasteiger partial charge >= 0.3 is 0 Å². The highest BCUT2D eigenvalue weighted by Gasteiger charge is 2.09. The van der Waals surface area contributed by atoms with Crippen LogP contribution in [-0.4, -0.2) is 15.1 Å². The van der Waals surface area contributed by atoms with Gasteiger partial charge in [-0.2, -0.15) is 4.98 Å². The van der Waals surface area contributed by atoms with Crippen LogP contribution in [-0.2, 0) is 6.42 Å². The van der Waals surface area contributed by atoms with Gasteiger partial charge in [0.05, 0.1) is 6.20 Å². The van der Waals surface area contributed by atoms with E-state index >= 15 is 0 Å². The zero-order valence-corrected chi connectivity index (χ0v) is 13.2. The Kier molecular flexibility index (Phi) is 4.47. The van der Waals surface area contributed by atoms with Gasteiger partial charge in [0, 0.05) is 5.69 Å². The van der Waals surface area contributed by atoms with E-state index in [4.69, 9.17) is 10.5 Å². The fourth-order valence-corrected chi connectivity index (χ4v) is 2.15. The molecule has 0 saturated heterocycles. The van der Waals surface area contributed by atoms with Crippen molar-refractivity contribution in [1.29, 1.82) is 0 Å². The summed E-state index contributed by atoms with van der Waals surface area (Å²) in [4.78, 5) is 8.18. The van der Waals surface area contributed by atoms with Crippen LogP contribution in [0, 0.1) is 0 Å².